The molecule has 0 saturated carbocycles. The van der Waals surface area contributed by atoms with Crippen molar-refractivity contribution in [3.63, 3.8) is 0 Å². The fourth-order valence-corrected chi connectivity index (χ4v) is 1.91. The zero-order valence-electron chi connectivity index (χ0n) is 13.5. The number of rotatable bonds is 8. The average Bonchev–Trinajstić information content (AvgIpc) is 2.51. The number of aliphatic imine (C=N–C) groups is 1. The third-order valence-electron chi connectivity index (χ3n) is 2.57. The van der Waals surface area contributed by atoms with Gasteiger partial charge in [-0.15, -0.1) is 24.0 Å². The Labute approximate surface area is 161 Å². The number of nitrogens with one attached hydrogen (secondary N) is 2. The van der Waals surface area contributed by atoms with Crippen molar-refractivity contribution in [2.24, 2.45) is 4.99 Å². The topological polar surface area (TPSA) is 58.5 Å². The van der Waals surface area contributed by atoms with Gasteiger partial charge in [0.2, 0.25) is 5.88 Å². The third-order valence-corrected chi connectivity index (χ3v) is 3.19. The van der Waals surface area contributed by atoms with E-state index in [0.717, 1.165) is 12.3 Å². The summed E-state index contributed by atoms with van der Waals surface area (Å²) in [5.41, 5.74) is 0.499. The number of guanidine groups is 1. The van der Waals surface area contributed by atoms with E-state index < -0.39 is 12.8 Å². The molecule has 0 bridgehead atoms. The number of alkyl halides is 3. The van der Waals surface area contributed by atoms with Crippen molar-refractivity contribution < 1.29 is 17.9 Å². The van der Waals surface area contributed by atoms with E-state index >= 15 is 0 Å². The lowest BCUT2D eigenvalue weighted by atomic mass is 10.3. The molecular weight excluding hydrogens is 456 g/mol. The second-order valence-corrected chi connectivity index (χ2v) is 5.47. The molecule has 0 aliphatic heterocycles. The Morgan fingerprint density at radius 3 is 2.75 bits per heavy atom. The molecule has 0 fully saturated rings. The Kier molecular flexibility index (Phi) is 12.0. The predicted octanol–water partition coefficient (Wildman–Crippen LogP) is 3.06. The summed E-state index contributed by atoms with van der Waals surface area (Å²) in [6, 6.07) is 3.28. The van der Waals surface area contributed by atoms with Crippen LogP contribution in [0.3, 0.4) is 0 Å². The Bertz CT molecular complexity index is 503. The van der Waals surface area contributed by atoms with Crippen LogP contribution < -0.4 is 15.4 Å². The van der Waals surface area contributed by atoms with E-state index in [2.05, 4.69) is 20.6 Å². The van der Waals surface area contributed by atoms with Crippen LogP contribution in [0.25, 0.3) is 0 Å². The molecule has 1 aromatic heterocycles. The first-order valence-corrected chi connectivity index (χ1v) is 8.50. The minimum atomic E-state index is -4.40. The number of hydrogen-bond donors (Lipinski definition) is 2. The highest BCUT2D eigenvalue weighted by Gasteiger charge is 2.29. The summed E-state index contributed by atoms with van der Waals surface area (Å²) in [4.78, 5) is 8.19. The Morgan fingerprint density at radius 1 is 1.38 bits per heavy atom. The molecule has 138 valence electrons. The molecule has 5 nitrogen and oxygen atoms in total. The van der Waals surface area contributed by atoms with Gasteiger partial charge in [-0.3, -0.25) is 0 Å². The van der Waals surface area contributed by atoms with Gasteiger partial charge in [-0.2, -0.15) is 24.9 Å². The molecule has 0 radical (unpaired) electrons. The molecule has 0 unspecified atom stereocenters. The fourth-order valence-electron chi connectivity index (χ4n) is 1.60. The van der Waals surface area contributed by atoms with Crippen LogP contribution in [0.1, 0.15) is 12.5 Å². The molecule has 1 aromatic rings. The number of halogens is 4. The van der Waals surface area contributed by atoms with E-state index in [1.807, 2.05) is 13.2 Å². The number of hydrogen-bond acceptors (Lipinski definition) is 4. The monoisotopic (exact) mass is 478 g/mol. The van der Waals surface area contributed by atoms with Gasteiger partial charge in [-0.1, -0.05) is 6.07 Å². The molecule has 24 heavy (non-hydrogen) atoms. The third kappa shape index (κ3) is 10.1. The summed E-state index contributed by atoms with van der Waals surface area (Å²) in [6.45, 7) is 2.18. The van der Waals surface area contributed by atoms with Gasteiger partial charge in [0.1, 0.15) is 0 Å². The van der Waals surface area contributed by atoms with E-state index in [-0.39, 0.29) is 36.4 Å². The van der Waals surface area contributed by atoms with Crippen LogP contribution in [0, 0.1) is 0 Å². The van der Waals surface area contributed by atoms with E-state index in [1.165, 1.54) is 6.20 Å². The molecule has 0 aliphatic carbocycles. The molecule has 1 rings (SSSR count). The number of nitrogens with zero attached hydrogens (tertiary/aromatic N) is 2. The molecule has 0 atom stereocenters. The van der Waals surface area contributed by atoms with E-state index in [4.69, 9.17) is 4.74 Å². The zero-order valence-corrected chi connectivity index (χ0v) is 16.7. The molecule has 2 N–H and O–H groups in total. The highest BCUT2D eigenvalue weighted by atomic mass is 127. The van der Waals surface area contributed by atoms with Crippen molar-refractivity contribution in [2.45, 2.75) is 19.6 Å². The summed E-state index contributed by atoms with van der Waals surface area (Å²) >= 11 is 1.71. The van der Waals surface area contributed by atoms with Gasteiger partial charge in [0.15, 0.2) is 12.6 Å². The second kappa shape index (κ2) is 12.5. The number of pyridine rings is 1. The van der Waals surface area contributed by atoms with Crippen LogP contribution in [0.2, 0.25) is 0 Å². The number of ether oxygens (including phenoxy) is 1. The van der Waals surface area contributed by atoms with Gasteiger partial charge in [0.05, 0.1) is 6.54 Å². The van der Waals surface area contributed by atoms with Crippen LogP contribution in [0.4, 0.5) is 13.2 Å². The van der Waals surface area contributed by atoms with Crippen molar-refractivity contribution in [3.05, 3.63) is 23.9 Å². The molecule has 1 heterocycles. The normalized spacial score (nSPS) is 11.6. The maximum absolute atomic E-state index is 12.3. The van der Waals surface area contributed by atoms with Crippen LogP contribution in [0.5, 0.6) is 5.88 Å². The summed E-state index contributed by atoms with van der Waals surface area (Å²) < 4.78 is 41.5. The molecule has 10 heteroatoms. The Morgan fingerprint density at radius 2 is 2.12 bits per heavy atom. The van der Waals surface area contributed by atoms with Gasteiger partial charge in [-0.25, -0.2) is 9.98 Å². The fraction of sp³-hybridized carbons (Fsp3) is 0.571. The predicted molar refractivity (Wildman–Crippen MR) is 102 cm³/mol. The van der Waals surface area contributed by atoms with Crippen LogP contribution in [-0.4, -0.2) is 48.8 Å². The van der Waals surface area contributed by atoms with Crippen molar-refractivity contribution in [1.29, 1.82) is 0 Å². The van der Waals surface area contributed by atoms with Gasteiger partial charge in [0.25, 0.3) is 0 Å². The zero-order chi connectivity index (χ0) is 17.1. The van der Waals surface area contributed by atoms with Gasteiger partial charge >= 0.3 is 6.18 Å². The van der Waals surface area contributed by atoms with Crippen molar-refractivity contribution in [2.75, 3.05) is 31.7 Å². The van der Waals surface area contributed by atoms with E-state index in [0.29, 0.717) is 18.1 Å². The molecule has 0 spiro atoms. The minimum absolute atomic E-state index is 0. The van der Waals surface area contributed by atoms with Crippen LogP contribution in [-0.2, 0) is 6.54 Å². The Hall–Kier alpha value is -0.910. The van der Waals surface area contributed by atoms with Gasteiger partial charge in [0, 0.05) is 30.6 Å². The minimum Gasteiger partial charge on any atom is -0.468 e. The largest absolute Gasteiger partial charge is 0.468 e. The first-order chi connectivity index (χ1) is 11.0. The molecular formula is C14H22F3IN4OS. The summed E-state index contributed by atoms with van der Waals surface area (Å²) in [5.74, 6) is 1.48. The molecule has 0 amide bonds. The lowest BCUT2D eigenvalue weighted by molar-refractivity contribution is -0.154. The standard InChI is InChI=1S/C14H21F3N4OS.HI/c1-3-18-13(20-7-8-23-2)21-9-11-5-4-6-19-12(11)22-10-14(15,16)17;/h4-6H,3,7-10H2,1-2H3,(H2,18,20,21);1H. The van der Waals surface area contributed by atoms with Crippen molar-refractivity contribution in [1.82, 2.24) is 15.6 Å². The smallest absolute Gasteiger partial charge is 0.422 e. The number of thioether (sulfide) groups is 1. The quantitative estimate of drug-likeness (QED) is 0.261. The first kappa shape index (κ1) is 23.1. The Balaban J connectivity index is 0.00000529. The molecule has 0 aromatic carbocycles. The first-order valence-electron chi connectivity index (χ1n) is 7.10. The summed E-state index contributed by atoms with van der Waals surface area (Å²) in [7, 11) is 0. The second-order valence-electron chi connectivity index (χ2n) is 4.49. The summed E-state index contributed by atoms with van der Waals surface area (Å²) in [6.07, 6.45) is -1.00. The maximum atomic E-state index is 12.3. The molecule has 0 aliphatic rings. The number of aromatic nitrogens is 1. The van der Waals surface area contributed by atoms with Gasteiger partial charge < -0.3 is 15.4 Å². The van der Waals surface area contributed by atoms with Crippen molar-refractivity contribution in [3.8, 4) is 5.88 Å². The lowest BCUT2D eigenvalue weighted by Crippen LogP contribution is -2.38. The maximum Gasteiger partial charge on any atom is 0.422 e. The van der Waals surface area contributed by atoms with Crippen LogP contribution >= 0.6 is 35.7 Å². The SMILES string of the molecule is CCNC(=NCc1cccnc1OCC(F)(F)F)NCCSC.I. The van der Waals surface area contributed by atoms with Gasteiger partial charge in [-0.05, 0) is 19.2 Å². The van der Waals surface area contributed by atoms with E-state index in [9.17, 15) is 13.2 Å². The highest BCUT2D eigenvalue weighted by Crippen LogP contribution is 2.20. The van der Waals surface area contributed by atoms with Crippen molar-refractivity contribution >= 4 is 41.7 Å². The van der Waals surface area contributed by atoms with E-state index in [1.54, 1.807) is 23.9 Å². The average molecular weight is 478 g/mol. The lowest BCUT2D eigenvalue weighted by Gasteiger charge is -2.13. The highest BCUT2D eigenvalue weighted by molar-refractivity contribution is 14.0. The molecule has 0 saturated heterocycles. The van der Waals surface area contributed by atoms with Crippen LogP contribution in [0.15, 0.2) is 23.3 Å². The summed E-state index contributed by atoms with van der Waals surface area (Å²) in [5, 5.41) is 6.22.